The van der Waals surface area contributed by atoms with Crippen LogP contribution in [0.5, 0.6) is 0 Å². The normalized spacial score (nSPS) is 9.33. The zero-order valence-electron chi connectivity index (χ0n) is 8.33. The molecule has 0 aliphatic heterocycles. The van der Waals surface area contributed by atoms with Crippen LogP contribution in [0.15, 0.2) is 49.2 Å². The molecule has 1 heterocycles. The number of anilines is 1. The van der Waals surface area contributed by atoms with Gasteiger partial charge in [0.15, 0.2) is 0 Å². The highest BCUT2D eigenvalue weighted by Crippen LogP contribution is 2.17. The number of hydrogen-bond acceptors (Lipinski definition) is 1. The number of halogens is 1. The molecule has 0 amide bonds. The molecule has 0 aliphatic carbocycles. The molecule has 2 aromatic rings. The molecule has 0 radical (unpaired) electrons. The minimum Gasteiger partial charge on any atom is -1.00 e. The lowest BCUT2D eigenvalue weighted by Crippen LogP contribution is -3.00. The van der Waals surface area contributed by atoms with E-state index in [9.17, 15) is 0 Å². The SMILES string of the molecule is C=CCNc1[nH+]ccc2ccccc12.[Br-]. The molecule has 0 unspecified atom stereocenters. The van der Waals surface area contributed by atoms with Crippen molar-refractivity contribution in [2.75, 3.05) is 11.9 Å². The first-order valence-electron chi connectivity index (χ1n) is 4.66. The second-order valence-electron chi connectivity index (χ2n) is 3.11. The minimum absolute atomic E-state index is 0. The molecule has 3 heteroatoms. The van der Waals surface area contributed by atoms with Crippen molar-refractivity contribution in [3.05, 3.63) is 49.2 Å². The first kappa shape index (κ1) is 11.7. The van der Waals surface area contributed by atoms with E-state index in [0.717, 1.165) is 12.4 Å². The molecule has 0 saturated carbocycles. The van der Waals surface area contributed by atoms with E-state index in [1.165, 1.54) is 10.8 Å². The minimum atomic E-state index is 0. The maximum absolute atomic E-state index is 3.68. The van der Waals surface area contributed by atoms with Crippen molar-refractivity contribution < 1.29 is 22.0 Å². The largest absolute Gasteiger partial charge is 1.00 e. The molecule has 2 nitrogen and oxygen atoms in total. The van der Waals surface area contributed by atoms with Gasteiger partial charge in [-0.15, -0.1) is 0 Å². The van der Waals surface area contributed by atoms with Crippen molar-refractivity contribution in [1.82, 2.24) is 0 Å². The van der Waals surface area contributed by atoms with Crippen molar-refractivity contribution in [3.63, 3.8) is 0 Å². The van der Waals surface area contributed by atoms with Crippen LogP contribution < -0.4 is 27.3 Å². The van der Waals surface area contributed by atoms with Crippen LogP contribution in [-0.2, 0) is 0 Å². The number of hydrogen-bond donors (Lipinski definition) is 1. The fourth-order valence-electron chi connectivity index (χ4n) is 1.48. The Balaban J connectivity index is 0.00000112. The van der Waals surface area contributed by atoms with Gasteiger partial charge >= 0.3 is 0 Å². The van der Waals surface area contributed by atoms with Gasteiger partial charge in [-0.1, -0.05) is 30.9 Å². The van der Waals surface area contributed by atoms with Gasteiger partial charge < -0.3 is 17.0 Å². The van der Waals surface area contributed by atoms with Crippen molar-refractivity contribution in [2.24, 2.45) is 0 Å². The van der Waals surface area contributed by atoms with E-state index in [-0.39, 0.29) is 17.0 Å². The van der Waals surface area contributed by atoms with Crippen LogP contribution in [-0.4, -0.2) is 6.54 Å². The summed E-state index contributed by atoms with van der Waals surface area (Å²) in [6.07, 6.45) is 3.78. The predicted octanol–water partition coefficient (Wildman–Crippen LogP) is -0.744. The molecular weight excluding hydrogens is 252 g/mol. The summed E-state index contributed by atoms with van der Waals surface area (Å²) in [5.41, 5.74) is 0. The van der Waals surface area contributed by atoms with E-state index in [1.807, 2.05) is 24.4 Å². The van der Waals surface area contributed by atoms with Gasteiger partial charge in [-0.3, -0.25) is 5.32 Å². The number of nitrogens with one attached hydrogen (secondary N) is 2. The Kier molecular flexibility index (Phi) is 4.31. The molecule has 1 aromatic carbocycles. The monoisotopic (exact) mass is 264 g/mol. The van der Waals surface area contributed by atoms with Crippen molar-refractivity contribution >= 4 is 16.6 Å². The average molecular weight is 265 g/mol. The molecule has 2 N–H and O–H groups in total. The van der Waals surface area contributed by atoms with Gasteiger partial charge in [0.05, 0.1) is 11.6 Å². The van der Waals surface area contributed by atoms with Crippen LogP contribution in [0.2, 0.25) is 0 Å². The highest BCUT2D eigenvalue weighted by Gasteiger charge is 2.04. The van der Waals surface area contributed by atoms with E-state index in [2.05, 4.69) is 35.1 Å². The predicted molar refractivity (Wildman–Crippen MR) is 59.2 cm³/mol. The van der Waals surface area contributed by atoms with E-state index >= 15 is 0 Å². The summed E-state index contributed by atoms with van der Waals surface area (Å²) in [5, 5.41) is 5.70. The highest BCUT2D eigenvalue weighted by molar-refractivity contribution is 5.89. The molecule has 0 aliphatic rings. The number of benzene rings is 1. The molecule has 78 valence electrons. The third-order valence-electron chi connectivity index (χ3n) is 2.14. The maximum atomic E-state index is 3.68. The van der Waals surface area contributed by atoms with Gasteiger partial charge in [0.1, 0.15) is 6.54 Å². The van der Waals surface area contributed by atoms with Crippen LogP contribution in [0.1, 0.15) is 0 Å². The molecule has 1 aromatic heterocycles. The van der Waals surface area contributed by atoms with Gasteiger partial charge in [-0.05, 0) is 17.5 Å². The number of rotatable bonds is 3. The molecular formula is C12H13BrN2. The Morgan fingerprint density at radius 1 is 1.27 bits per heavy atom. The van der Waals surface area contributed by atoms with E-state index in [4.69, 9.17) is 0 Å². The first-order chi connectivity index (χ1) is 6.92. The van der Waals surface area contributed by atoms with E-state index in [1.54, 1.807) is 0 Å². The summed E-state index contributed by atoms with van der Waals surface area (Å²) in [4.78, 5) is 3.19. The lowest BCUT2D eigenvalue weighted by atomic mass is 10.1. The number of aromatic nitrogens is 1. The third kappa shape index (κ3) is 2.57. The summed E-state index contributed by atoms with van der Waals surface area (Å²) >= 11 is 0. The number of fused-ring (bicyclic) bond motifs is 1. The lowest BCUT2D eigenvalue weighted by Gasteiger charge is -1.99. The standard InChI is InChI=1S/C12H12N2.BrH/c1-2-8-13-12-11-6-4-3-5-10(11)7-9-14-12;/h2-7,9H,1,8H2,(H,13,14);1H. The second-order valence-corrected chi connectivity index (χ2v) is 3.11. The van der Waals surface area contributed by atoms with Crippen molar-refractivity contribution in [2.45, 2.75) is 0 Å². The first-order valence-corrected chi connectivity index (χ1v) is 4.66. The van der Waals surface area contributed by atoms with E-state index < -0.39 is 0 Å². The summed E-state index contributed by atoms with van der Waals surface area (Å²) in [7, 11) is 0. The molecule has 15 heavy (non-hydrogen) atoms. The van der Waals surface area contributed by atoms with Gasteiger partial charge in [0, 0.05) is 0 Å². The van der Waals surface area contributed by atoms with Gasteiger partial charge in [0.2, 0.25) is 0 Å². The molecule has 0 spiro atoms. The van der Waals surface area contributed by atoms with Gasteiger partial charge in [0.25, 0.3) is 5.82 Å². The quantitative estimate of drug-likeness (QED) is 0.727. The Morgan fingerprint density at radius 3 is 2.87 bits per heavy atom. The van der Waals surface area contributed by atoms with Crippen molar-refractivity contribution in [3.8, 4) is 0 Å². The maximum Gasteiger partial charge on any atom is 0.280 e. The molecule has 0 bridgehead atoms. The average Bonchev–Trinajstić information content (AvgIpc) is 2.26. The molecule has 0 saturated heterocycles. The lowest BCUT2D eigenvalue weighted by molar-refractivity contribution is -0.359. The fourth-order valence-corrected chi connectivity index (χ4v) is 1.48. The Bertz CT molecular complexity index is 449. The Hall–Kier alpha value is -1.35. The van der Waals surface area contributed by atoms with Gasteiger partial charge in [-0.25, -0.2) is 4.98 Å². The van der Waals surface area contributed by atoms with Crippen molar-refractivity contribution in [1.29, 1.82) is 0 Å². The Morgan fingerprint density at radius 2 is 2.07 bits per heavy atom. The van der Waals surface area contributed by atoms with Crippen LogP contribution >= 0.6 is 0 Å². The van der Waals surface area contributed by atoms with Crippen LogP contribution in [0.4, 0.5) is 5.82 Å². The van der Waals surface area contributed by atoms with Crippen LogP contribution in [0.3, 0.4) is 0 Å². The summed E-state index contributed by atoms with van der Waals surface area (Å²) in [5.74, 6) is 1.04. The second kappa shape index (κ2) is 5.51. The summed E-state index contributed by atoms with van der Waals surface area (Å²) < 4.78 is 0. The number of aromatic amines is 1. The van der Waals surface area contributed by atoms with Crippen LogP contribution in [0, 0.1) is 0 Å². The fraction of sp³-hybridized carbons (Fsp3) is 0.0833. The van der Waals surface area contributed by atoms with Gasteiger partial charge in [-0.2, -0.15) is 0 Å². The van der Waals surface area contributed by atoms with Crippen LogP contribution in [0.25, 0.3) is 10.8 Å². The van der Waals surface area contributed by atoms with E-state index in [0.29, 0.717) is 0 Å². The number of pyridine rings is 1. The smallest absolute Gasteiger partial charge is 0.280 e. The summed E-state index contributed by atoms with van der Waals surface area (Å²) in [6, 6.07) is 10.3. The highest BCUT2D eigenvalue weighted by atomic mass is 79.9. The summed E-state index contributed by atoms with van der Waals surface area (Å²) in [6.45, 7) is 4.45. The molecule has 2 rings (SSSR count). The Labute approximate surface area is 99.8 Å². The topological polar surface area (TPSA) is 26.2 Å². The zero-order valence-corrected chi connectivity index (χ0v) is 9.92. The number of H-pyrrole nitrogens is 1. The molecule has 0 fully saturated rings. The third-order valence-corrected chi connectivity index (χ3v) is 2.14. The molecule has 0 atom stereocenters. The zero-order chi connectivity index (χ0) is 9.80.